The van der Waals surface area contributed by atoms with Crippen LogP contribution in [0.5, 0.6) is 0 Å². The van der Waals surface area contributed by atoms with Crippen molar-refractivity contribution < 1.29 is 8.78 Å². The average molecular weight is 171 g/mol. The lowest BCUT2D eigenvalue weighted by Gasteiger charge is -2.07. The minimum absolute atomic E-state index is 0.0532. The fourth-order valence-corrected chi connectivity index (χ4v) is 1.03. The minimum Gasteiger partial charge on any atom is -0.327 e. The molecule has 3 heteroatoms. The lowest BCUT2D eigenvalue weighted by molar-refractivity contribution is 0.341. The molecule has 0 amide bonds. The second-order valence-corrected chi connectivity index (χ2v) is 2.73. The maximum Gasteiger partial charge on any atom is 0.140 e. The van der Waals surface area contributed by atoms with Gasteiger partial charge in [-0.1, -0.05) is 17.7 Å². The molecule has 0 bridgehead atoms. The molecule has 1 aromatic rings. The third-order valence-corrected chi connectivity index (χ3v) is 1.70. The van der Waals surface area contributed by atoms with Gasteiger partial charge in [-0.2, -0.15) is 0 Å². The monoisotopic (exact) mass is 171 g/mol. The summed E-state index contributed by atoms with van der Waals surface area (Å²) in [6.07, 6.45) is -1.40. The molecule has 12 heavy (non-hydrogen) atoms. The van der Waals surface area contributed by atoms with E-state index in [4.69, 9.17) is 5.73 Å². The smallest absolute Gasteiger partial charge is 0.140 e. The Balaban J connectivity index is 3.04. The number of halogens is 2. The molecule has 0 spiro atoms. The number of nitrogens with two attached hydrogens (primary N) is 1. The van der Waals surface area contributed by atoms with Crippen molar-refractivity contribution in [3.05, 3.63) is 35.1 Å². The Bertz CT molecular complexity index is 273. The van der Waals surface area contributed by atoms with Gasteiger partial charge in [0.2, 0.25) is 0 Å². The summed E-state index contributed by atoms with van der Waals surface area (Å²) in [5.41, 5.74) is 5.97. The van der Waals surface area contributed by atoms with Crippen LogP contribution in [-0.4, -0.2) is 6.54 Å². The van der Waals surface area contributed by atoms with Crippen molar-refractivity contribution in [2.45, 2.75) is 13.1 Å². The highest BCUT2D eigenvalue weighted by atomic mass is 19.1. The summed E-state index contributed by atoms with van der Waals surface area (Å²) in [6.45, 7) is 1.60. The highest BCUT2D eigenvalue weighted by Crippen LogP contribution is 2.20. The summed E-state index contributed by atoms with van der Waals surface area (Å²) in [5, 5.41) is 0. The van der Waals surface area contributed by atoms with Crippen LogP contribution in [0.1, 0.15) is 17.3 Å². The first-order valence-corrected chi connectivity index (χ1v) is 3.75. The standard InChI is InChI=1S/C9H11F2N/c1-6-2-3-8(10)7(4-6)9(11)5-12/h2-4,9H,5,12H2,1H3. The molecule has 0 aliphatic carbocycles. The molecule has 0 fully saturated rings. The van der Waals surface area contributed by atoms with Crippen molar-refractivity contribution in [3.63, 3.8) is 0 Å². The van der Waals surface area contributed by atoms with Crippen molar-refractivity contribution in [2.24, 2.45) is 5.73 Å². The van der Waals surface area contributed by atoms with E-state index < -0.39 is 12.0 Å². The van der Waals surface area contributed by atoms with E-state index in [-0.39, 0.29) is 12.1 Å². The first-order chi connectivity index (χ1) is 5.65. The van der Waals surface area contributed by atoms with Crippen molar-refractivity contribution in [1.29, 1.82) is 0 Å². The van der Waals surface area contributed by atoms with E-state index >= 15 is 0 Å². The molecular formula is C9H11F2N. The van der Waals surface area contributed by atoms with E-state index in [2.05, 4.69) is 0 Å². The molecule has 66 valence electrons. The predicted molar refractivity (Wildman–Crippen MR) is 44.0 cm³/mol. The van der Waals surface area contributed by atoms with Crippen LogP contribution in [0.15, 0.2) is 18.2 Å². The number of hydrogen-bond acceptors (Lipinski definition) is 1. The first kappa shape index (κ1) is 9.13. The fourth-order valence-electron chi connectivity index (χ4n) is 1.03. The van der Waals surface area contributed by atoms with E-state index in [1.54, 1.807) is 13.0 Å². The summed E-state index contributed by atoms with van der Waals surface area (Å²) < 4.78 is 25.9. The molecule has 0 saturated carbocycles. The topological polar surface area (TPSA) is 26.0 Å². The van der Waals surface area contributed by atoms with E-state index in [1.807, 2.05) is 0 Å². The first-order valence-electron chi connectivity index (χ1n) is 3.75. The Morgan fingerprint density at radius 3 is 2.75 bits per heavy atom. The zero-order chi connectivity index (χ0) is 9.14. The molecule has 0 heterocycles. The highest BCUT2D eigenvalue weighted by Gasteiger charge is 2.12. The molecule has 1 unspecified atom stereocenters. The zero-order valence-electron chi connectivity index (χ0n) is 6.85. The summed E-state index contributed by atoms with van der Waals surface area (Å²) in [4.78, 5) is 0. The van der Waals surface area contributed by atoms with Gasteiger partial charge < -0.3 is 5.73 Å². The summed E-state index contributed by atoms with van der Waals surface area (Å²) in [7, 11) is 0. The molecule has 1 aromatic carbocycles. The molecule has 1 nitrogen and oxygen atoms in total. The fraction of sp³-hybridized carbons (Fsp3) is 0.333. The van der Waals surface area contributed by atoms with E-state index in [1.165, 1.54) is 12.1 Å². The molecule has 1 rings (SSSR count). The normalized spacial score (nSPS) is 13.0. The minimum atomic E-state index is -1.40. The molecule has 2 N–H and O–H groups in total. The number of hydrogen-bond donors (Lipinski definition) is 1. The second-order valence-electron chi connectivity index (χ2n) is 2.73. The van der Waals surface area contributed by atoms with Crippen LogP contribution in [0.25, 0.3) is 0 Å². The van der Waals surface area contributed by atoms with E-state index in [0.717, 1.165) is 5.56 Å². The SMILES string of the molecule is Cc1ccc(F)c(C(F)CN)c1. The highest BCUT2D eigenvalue weighted by molar-refractivity contribution is 5.26. The van der Waals surface area contributed by atoms with E-state index in [9.17, 15) is 8.78 Å². The quantitative estimate of drug-likeness (QED) is 0.724. The van der Waals surface area contributed by atoms with Crippen LogP contribution in [0.3, 0.4) is 0 Å². The number of rotatable bonds is 2. The molecule has 0 saturated heterocycles. The van der Waals surface area contributed by atoms with Crippen molar-refractivity contribution in [3.8, 4) is 0 Å². The molecule has 0 aliphatic rings. The number of aryl methyl sites for hydroxylation is 1. The lowest BCUT2D eigenvalue weighted by atomic mass is 10.1. The lowest BCUT2D eigenvalue weighted by Crippen LogP contribution is -2.09. The Labute approximate surface area is 70.2 Å². The van der Waals surface area contributed by atoms with Gasteiger partial charge in [0.25, 0.3) is 0 Å². The van der Waals surface area contributed by atoms with Gasteiger partial charge in [0.05, 0.1) is 0 Å². The van der Waals surface area contributed by atoms with Gasteiger partial charge in [-0.3, -0.25) is 0 Å². The molecule has 0 aliphatic heterocycles. The Hall–Kier alpha value is -0.960. The Morgan fingerprint density at radius 1 is 1.50 bits per heavy atom. The van der Waals surface area contributed by atoms with Crippen molar-refractivity contribution in [2.75, 3.05) is 6.54 Å². The van der Waals surface area contributed by atoms with Crippen molar-refractivity contribution >= 4 is 0 Å². The van der Waals surface area contributed by atoms with Crippen LogP contribution >= 0.6 is 0 Å². The second kappa shape index (κ2) is 3.63. The molecule has 1 atom stereocenters. The van der Waals surface area contributed by atoms with Crippen LogP contribution in [0.4, 0.5) is 8.78 Å². The third-order valence-electron chi connectivity index (χ3n) is 1.70. The van der Waals surface area contributed by atoms with Gasteiger partial charge in [-0.15, -0.1) is 0 Å². The maximum atomic E-state index is 12.9. The Morgan fingerprint density at radius 2 is 2.17 bits per heavy atom. The average Bonchev–Trinajstić information content (AvgIpc) is 2.08. The molecule has 0 radical (unpaired) electrons. The zero-order valence-corrected chi connectivity index (χ0v) is 6.85. The maximum absolute atomic E-state index is 12.9. The van der Waals surface area contributed by atoms with Crippen molar-refractivity contribution in [1.82, 2.24) is 0 Å². The van der Waals surface area contributed by atoms with Gasteiger partial charge in [0.1, 0.15) is 12.0 Å². The predicted octanol–water partition coefficient (Wildman–Crippen LogP) is 2.10. The van der Waals surface area contributed by atoms with Gasteiger partial charge in [-0.25, -0.2) is 8.78 Å². The number of alkyl halides is 1. The summed E-state index contributed by atoms with van der Waals surface area (Å²) >= 11 is 0. The Kier molecular flexibility index (Phi) is 2.76. The van der Waals surface area contributed by atoms with Gasteiger partial charge in [-0.05, 0) is 13.0 Å². The van der Waals surface area contributed by atoms with Gasteiger partial charge >= 0.3 is 0 Å². The summed E-state index contributed by atoms with van der Waals surface area (Å²) in [6, 6.07) is 4.34. The van der Waals surface area contributed by atoms with E-state index in [0.29, 0.717) is 0 Å². The van der Waals surface area contributed by atoms with Crippen LogP contribution < -0.4 is 5.73 Å². The largest absolute Gasteiger partial charge is 0.327 e. The molecular weight excluding hydrogens is 160 g/mol. The van der Waals surface area contributed by atoms with Gasteiger partial charge in [0, 0.05) is 12.1 Å². The van der Waals surface area contributed by atoms with Crippen LogP contribution in [0, 0.1) is 12.7 Å². The molecule has 0 aromatic heterocycles. The van der Waals surface area contributed by atoms with Crippen LogP contribution in [-0.2, 0) is 0 Å². The number of benzene rings is 1. The third kappa shape index (κ3) is 1.80. The summed E-state index contributed by atoms with van der Waals surface area (Å²) in [5.74, 6) is -0.529. The van der Waals surface area contributed by atoms with Gasteiger partial charge in [0.15, 0.2) is 0 Å². The van der Waals surface area contributed by atoms with Crippen LogP contribution in [0.2, 0.25) is 0 Å².